The summed E-state index contributed by atoms with van der Waals surface area (Å²) < 4.78 is 10.9. The highest BCUT2D eigenvalue weighted by molar-refractivity contribution is 6.37. The molecule has 1 aliphatic heterocycles. The number of ether oxygens (including phenoxy) is 2. The van der Waals surface area contributed by atoms with Crippen LogP contribution in [0.15, 0.2) is 66.7 Å². The van der Waals surface area contributed by atoms with Gasteiger partial charge in [0.25, 0.3) is 5.91 Å². The second kappa shape index (κ2) is 9.58. The van der Waals surface area contributed by atoms with E-state index >= 15 is 0 Å². The van der Waals surface area contributed by atoms with E-state index in [1.54, 1.807) is 20.3 Å². The molecule has 0 radical (unpaired) electrons. The number of benzene rings is 3. The van der Waals surface area contributed by atoms with Crippen molar-refractivity contribution in [3.8, 4) is 11.5 Å². The maximum atomic E-state index is 13.1. The van der Waals surface area contributed by atoms with Crippen molar-refractivity contribution in [2.24, 2.45) is 0 Å². The predicted molar refractivity (Wildman–Crippen MR) is 129 cm³/mol. The molecule has 1 amide bonds. The number of rotatable bonds is 8. The Labute approximate surface area is 188 Å². The molecule has 0 fully saturated rings. The average Bonchev–Trinajstić information content (AvgIpc) is 3.15. The Bertz CT molecular complexity index is 1140. The van der Waals surface area contributed by atoms with Crippen LogP contribution in [0.1, 0.15) is 16.7 Å². The van der Waals surface area contributed by atoms with Crippen LogP contribution >= 0.6 is 0 Å². The summed E-state index contributed by atoms with van der Waals surface area (Å²) in [6.45, 7) is 0.925. The Balaban J connectivity index is 1.80. The summed E-state index contributed by atoms with van der Waals surface area (Å²) in [5.41, 5.74) is 5.83. The third-order valence-corrected chi connectivity index (χ3v) is 5.47. The van der Waals surface area contributed by atoms with E-state index < -0.39 is 0 Å². The molecule has 6 heteroatoms. The van der Waals surface area contributed by atoms with Gasteiger partial charge in [0.05, 0.1) is 31.2 Å². The van der Waals surface area contributed by atoms with Gasteiger partial charge in [0.15, 0.2) is 11.5 Å². The summed E-state index contributed by atoms with van der Waals surface area (Å²) in [6.07, 6.45) is 0.959. The number of carbonyl (C=O) groups excluding carboxylic acids is 1. The molecule has 164 valence electrons. The number of fused-ring (bicyclic) bond motifs is 1. The summed E-state index contributed by atoms with van der Waals surface area (Å²) in [6, 6.07) is 21.8. The SMILES string of the molecule is CNCCc1ccc(NC(=C2C(=O)Nc3cc(OC)c(OC)cc32)c2ccccc2)cc1. The van der Waals surface area contributed by atoms with E-state index in [1.807, 2.05) is 55.6 Å². The number of likely N-dealkylation sites (N-methyl/N-ethyl adjacent to an activating group) is 1. The van der Waals surface area contributed by atoms with Crippen LogP contribution in [-0.2, 0) is 11.2 Å². The van der Waals surface area contributed by atoms with E-state index in [1.165, 1.54) is 5.56 Å². The van der Waals surface area contributed by atoms with Crippen molar-refractivity contribution in [3.63, 3.8) is 0 Å². The first-order valence-electron chi connectivity index (χ1n) is 10.5. The normalized spacial score (nSPS) is 13.9. The lowest BCUT2D eigenvalue weighted by Crippen LogP contribution is -2.11. The summed E-state index contributed by atoms with van der Waals surface area (Å²) >= 11 is 0. The Morgan fingerprint density at radius 3 is 2.28 bits per heavy atom. The van der Waals surface area contributed by atoms with Crippen LogP contribution in [0.3, 0.4) is 0 Å². The van der Waals surface area contributed by atoms with E-state index in [2.05, 4.69) is 28.1 Å². The van der Waals surface area contributed by atoms with Gasteiger partial charge >= 0.3 is 0 Å². The first-order valence-corrected chi connectivity index (χ1v) is 10.5. The standard InChI is InChI=1S/C26H27N3O3/c1-27-14-13-17-9-11-19(12-10-17)28-25(18-7-5-4-6-8-18)24-20-15-22(31-2)23(32-3)16-21(20)29-26(24)30/h4-12,15-16,27-28H,13-14H2,1-3H3,(H,29,30). The van der Waals surface area contributed by atoms with Gasteiger partial charge in [0.1, 0.15) is 0 Å². The number of methoxy groups -OCH3 is 2. The maximum Gasteiger partial charge on any atom is 0.258 e. The van der Waals surface area contributed by atoms with Crippen LogP contribution in [-0.4, -0.2) is 33.7 Å². The molecule has 0 unspecified atom stereocenters. The zero-order chi connectivity index (χ0) is 22.5. The molecule has 0 saturated carbocycles. The Kier molecular flexibility index (Phi) is 6.42. The number of amides is 1. The topological polar surface area (TPSA) is 71.6 Å². The lowest BCUT2D eigenvalue weighted by atomic mass is 9.99. The predicted octanol–water partition coefficient (Wildman–Crippen LogP) is 4.40. The van der Waals surface area contributed by atoms with Gasteiger partial charge in [-0.2, -0.15) is 0 Å². The van der Waals surface area contributed by atoms with Crippen LogP contribution in [0.2, 0.25) is 0 Å². The van der Waals surface area contributed by atoms with Crippen molar-refractivity contribution in [3.05, 3.63) is 83.4 Å². The highest BCUT2D eigenvalue weighted by Crippen LogP contribution is 2.43. The highest BCUT2D eigenvalue weighted by atomic mass is 16.5. The van der Waals surface area contributed by atoms with Crippen molar-refractivity contribution < 1.29 is 14.3 Å². The average molecular weight is 430 g/mol. The quantitative estimate of drug-likeness (QED) is 0.463. The molecule has 4 rings (SSSR count). The first-order chi connectivity index (χ1) is 15.6. The van der Waals surface area contributed by atoms with Gasteiger partial charge in [-0.15, -0.1) is 0 Å². The second-order valence-electron chi connectivity index (χ2n) is 7.50. The molecule has 0 atom stereocenters. The molecule has 3 aromatic carbocycles. The fraction of sp³-hybridized carbons (Fsp3) is 0.192. The molecule has 0 bridgehead atoms. The minimum atomic E-state index is -0.174. The lowest BCUT2D eigenvalue weighted by Gasteiger charge is -2.16. The number of anilines is 2. The van der Waals surface area contributed by atoms with Gasteiger partial charge in [-0.1, -0.05) is 42.5 Å². The molecule has 0 spiro atoms. The van der Waals surface area contributed by atoms with Gasteiger partial charge in [0, 0.05) is 17.3 Å². The monoisotopic (exact) mass is 429 g/mol. The second-order valence-corrected chi connectivity index (χ2v) is 7.50. The fourth-order valence-electron chi connectivity index (χ4n) is 3.80. The van der Waals surface area contributed by atoms with Gasteiger partial charge in [0.2, 0.25) is 0 Å². The largest absolute Gasteiger partial charge is 0.493 e. The third-order valence-electron chi connectivity index (χ3n) is 5.47. The molecule has 32 heavy (non-hydrogen) atoms. The van der Waals surface area contributed by atoms with Crippen LogP contribution in [0.25, 0.3) is 11.3 Å². The van der Waals surface area contributed by atoms with Gasteiger partial charge < -0.3 is 25.4 Å². The molecule has 0 saturated heterocycles. The van der Waals surface area contributed by atoms with E-state index in [4.69, 9.17) is 9.47 Å². The number of nitrogens with one attached hydrogen (secondary N) is 3. The fourth-order valence-corrected chi connectivity index (χ4v) is 3.80. The molecule has 3 N–H and O–H groups in total. The van der Waals surface area contributed by atoms with Crippen molar-refractivity contribution in [2.45, 2.75) is 6.42 Å². The van der Waals surface area contributed by atoms with E-state index in [0.717, 1.165) is 35.5 Å². The maximum absolute atomic E-state index is 13.1. The Morgan fingerprint density at radius 2 is 1.62 bits per heavy atom. The van der Waals surface area contributed by atoms with Crippen LogP contribution in [0.4, 0.5) is 11.4 Å². The van der Waals surface area contributed by atoms with E-state index in [9.17, 15) is 4.79 Å². The van der Waals surface area contributed by atoms with Crippen molar-refractivity contribution in [2.75, 3.05) is 38.4 Å². The van der Waals surface area contributed by atoms with Crippen molar-refractivity contribution >= 4 is 28.6 Å². The molecule has 0 aromatic heterocycles. The minimum Gasteiger partial charge on any atom is -0.493 e. The Morgan fingerprint density at radius 1 is 0.938 bits per heavy atom. The summed E-state index contributed by atoms with van der Waals surface area (Å²) in [4.78, 5) is 13.1. The van der Waals surface area contributed by atoms with Crippen molar-refractivity contribution in [1.29, 1.82) is 0 Å². The van der Waals surface area contributed by atoms with E-state index in [-0.39, 0.29) is 5.91 Å². The molecular weight excluding hydrogens is 402 g/mol. The zero-order valence-corrected chi connectivity index (χ0v) is 18.5. The minimum absolute atomic E-state index is 0.174. The lowest BCUT2D eigenvalue weighted by molar-refractivity contribution is -0.110. The van der Waals surface area contributed by atoms with E-state index in [0.29, 0.717) is 22.8 Å². The molecule has 6 nitrogen and oxygen atoms in total. The van der Waals surface area contributed by atoms with Crippen LogP contribution in [0, 0.1) is 0 Å². The van der Waals surface area contributed by atoms with Crippen LogP contribution < -0.4 is 25.4 Å². The number of hydrogen-bond donors (Lipinski definition) is 3. The summed E-state index contributed by atoms with van der Waals surface area (Å²) in [5, 5.41) is 9.62. The zero-order valence-electron chi connectivity index (χ0n) is 18.5. The third kappa shape index (κ3) is 4.31. The van der Waals surface area contributed by atoms with Crippen molar-refractivity contribution in [1.82, 2.24) is 5.32 Å². The molecule has 1 aliphatic rings. The summed E-state index contributed by atoms with van der Waals surface area (Å²) in [7, 11) is 5.11. The molecular formula is C26H27N3O3. The van der Waals surface area contributed by atoms with Gasteiger partial charge in [-0.3, -0.25) is 4.79 Å². The number of hydrogen-bond acceptors (Lipinski definition) is 5. The number of carbonyl (C=O) groups is 1. The highest BCUT2D eigenvalue weighted by Gasteiger charge is 2.30. The molecule has 3 aromatic rings. The smallest absolute Gasteiger partial charge is 0.258 e. The Hall–Kier alpha value is -3.77. The van der Waals surface area contributed by atoms with Gasteiger partial charge in [-0.25, -0.2) is 0 Å². The van der Waals surface area contributed by atoms with Crippen LogP contribution in [0.5, 0.6) is 11.5 Å². The summed E-state index contributed by atoms with van der Waals surface area (Å²) in [5.74, 6) is 0.966. The molecule has 1 heterocycles. The molecule has 0 aliphatic carbocycles. The first kappa shape index (κ1) is 21.5. The van der Waals surface area contributed by atoms with Gasteiger partial charge in [-0.05, 0) is 49.3 Å².